The van der Waals surface area contributed by atoms with Crippen LogP contribution in [0, 0.1) is 0 Å². The smallest absolute Gasteiger partial charge is 1.00 e. The number of carbonyl (C=O) groups excluding carboxylic acids is 1. The molecule has 0 bridgehead atoms. The fraction of sp³-hybridized carbons (Fsp3) is 0.800. The van der Waals surface area contributed by atoms with Gasteiger partial charge in [-0.2, -0.15) is 0 Å². The van der Waals surface area contributed by atoms with E-state index in [0.717, 1.165) is 4.90 Å². The van der Waals surface area contributed by atoms with Crippen LogP contribution in [-0.2, 0) is 9.53 Å². The zero-order chi connectivity index (χ0) is 12.6. The summed E-state index contributed by atoms with van der Waals surface area (Å²) in [5.74, 6) is -1.53. The summed E-state index contributed by atoms with van der Waals surface area (Å²) in [6.07, 6.45) is -0.866. The van der Waals surface area contributed by atoms with Crippen molar-refractivity contribution in [1.29, 1.82) is 0 Å². The van der Waals surface area contributed by atoms with Gasteiger partial charge in [0.1, 0.15) is 5.60 Å². The summed E-state index contributed by atoms with van der Waals surface area (Å²) < 4.78 is 18.7. The number of amides is 1. The second-order valence-corrected chi connectivity index (χ2v) is 4.92. The van der Waals surface area contributed by atoms with Gasteiger partial charge in [0, 0.05) is 13.0 Å². The van der Waals surface area contributed by atoms with Crippen LogP contribution in [0.15, 0.2) is 0 Å². The monoisotopic (exact) mass is 241 g/mol. The van der Waals surface area contributed by atoms with Gasteiger partial charge in [0.25, 0.3) is 0 Å². The molecule has 0 aromatic rings. The molecule has 1 aliphatic rings. The molecule has 1 rings (SSSR count). The predicted molar refractivity (Wildman–Crippen MR) is 55.0 cm³/mol. The normalized spacial score (nSPS) is 24.1. The molecule has 0 aromatic carbocycles. The molecular weight excluding hydrogens is 224 g/mol. The fourth-order valence-corrected chi connectivity index (χ4v) is 1.43. The van der Waals surface area contributed by atoms with E-state index in [9.17, 15) is 14.0 Å². The molecule has 1 amide bonds. The number of carboxylic acids is 1. The van der Waals surface area contributed by atoms with Crippen molar-refractivity contribution in [1.82, 2.24) is 4.90 Å². The molecule has 0 radical (unpaired) electrons. The molecule has 0 aliphatic carbocycles. The molecule has 1 atom stereocenters. The molecular formula is C10H17FLiNO4. The first-order chi connectivity index (χ1) is 7.14. The molecule has 0 aromatic heterocycles. The maximum atomic E-state index is 13.6. The minimum atomic E-state index is -2.34. The number of likely N-dealkylation sites (tertiary alicyclic amines) is 1. The van der Waals surface area contributed by atoms with Gasteiger partial charge < -0.3 is 16.2 Å². The predicted octanol–water partition coefficient (Wildman–Crippen LogP) is -1.46. The van der Waals surface area contributed by atoms with Crippen molar-refractivity contribution in [2.24, 2.45) is 0 Å². The van der Waals surface area contributed by atoms with Crippen molar-refractivity contribution in [3.8, 4) is 0 Å². The summed E-state index contributed by atoms with van der Waals surface area (Å²) in [6, 6.07) is 0. The van der Waals surface area contributed by atoms with Gasteiger partial charge in [0.05, 0.1) is 6.54 Å². The van der Waals surface area contributed by atoms with Crippen LogP contribution < -0.4 is 18.9 Å². The zero-order valence-corrected chi connectivity index (χ0v) is 10.6. The molecule has 94 valence electrons. The van der Waals surface area contributed by atoms with Crippen LogP contribution in [0.25, 0.3) is 0 Å². The number of carbonyl (C=O) groups is 2. The summed E-state index contributed by atoms with van der Waals surface area (Å²) in [7, 11) is 0. The fourth-order valence-electron chi connectivity index (χ4n) is 1.43. The van der Waals surface area contributed by atoms with Gasteiger partial charge in [0.15, 0.2) is 0 Å². The van der Waals surface area contributed by atoms with E-state index in [1.54, 1.807) is 20.8 Å². The third-order valence-corrected chi connectivity index (χ3v) is 2.25. The maximum absolute atomic E-state index is 13.6. The van der Waals surface area contributed by atoms with Crippen LogP contribution in [0.4, 0.5) is 9.18 Å². The second kappa shape index (κ2) is 5.28. The number of carboxylic acid groups (broad SMARTS) is 1. The van der Waals surface area contributed by atoms with E-state index in [2.05, 4.69) is 0 Å². The first kappa shape index (κ1) is 16.3. The summed E-state index contributed by atoms with van der Waals surface area (Å²) in [5, 5.41) is 8.65. The number of aliphatic carboxylic acids is 1. The van der Waals surface area contributed by atoms with Crippen molar-refractivity contribution in [3.63, 3.8) is 0 Å². The number of ether oxygens (including phenoxy) is 1. The van der Waals surface area contributed by atoms with Gasteiger partial charge in [-0.05, 0) is 20.8 Å². The van der Waals surface area contributed by atoms with E-state index in [1.807, 2.05) is 0 Å². The maximum Gasteiger partial charge on any atom is 1.00 e. The summed E-state index contributed by atoms with van der Waals surface area (Å²) in [4.78, 5) is 23.2. The van der Waals surface area contributed by atoms with Gasteiger partial charge in [-0.25, -0.2) is 14.0 Å². The van der Waals surface area contributed by atoms with Gasteiger partial charge in [0.2, 0.25) is 5.67 Å². The molecule has 0 spiro atoms. The third-order valence-electron chi connectivity index (χ3n) is 2.25. The van der Waals surface area contributed by atoms with Crippen molar-refractivity contribution in [3.05, 3.63) is 0 Å². The first-order valence-electron chi connectivity index (χ1n) is 5.04. The molecule has 1 N–H and O–H groups in total. The number of halogens is 1. The van der Waals surface area contributed by atoms with E-state index in [0.29, 0.717) is 0 Å². The van der Waals surface area contributed by atoms with Crippen molar-refractivity contribution >= 4 is 12.1 Å². The Balaban J connectivity index is 0. The Bertz CT molecular complexity index is 323. The molecule has 1 heterocycles. The third kappa shape index (κ3) is 4.21. The SMILES string of the molecule is CC(C)(C)OC(=O)N1CC[C@](F)(C(=O)O)C1.[H-].[Li+]. The quantitative estimate of drug-likeness (QED) is 0.570. The summed E-state index contributed by atoms with van der Waals surface area (Å²) in [6.45, 7) is 4.71. The van der Waals surface area contributed by atoms with E-state index < -0.39 is 29.9 Å². The Kier molecular flexibility index (Phi) is 5.05. The van der Waals surface area contributed by atoms with Crippen LogP contribution in [0.3, 0.4) is 0 Å². The number of hydrogen-bond donors (Lipinski definition) is 1. The average Bonchev–Trinajstić information content (AvgIpc) is 2.46. The van der Waals surface area contributed by atoms with E-state index >= 15 is 0 Å². The van der Waals surface area contributed by atoms with Crippen molar-refractivity contribution in [2.75, 3.05) is 13.1 Å². The van der Waals surface area contributed by atoms with Gasteiger partial charge in [-0.1, -0.05) is 0 Å². The standard InChI is InChI=1S/C10H16FNO4.Li.H/c1-9(2,3)16-8(15)12-5-4-10(11,6-12)7(13)14;;/h4-6H2,1-3H3,(H,13,14);;/q;+1;-1/t10-;;/m1../s1. The molecule has 1 fully saturated rings. The largest absolute Gasteiger partial charge is 1.00 e. The number of nitrogens with zero attached hydrogens (tertiary/aromatic N) is 1. The van der Waals surface area contributed by atoms with E-state index in [-0.39, 0.29) is 33.3 Å². The second-order valence-electron chi connectivity index (χ2n) is 4.92. The minimum Gasteiger partial charge on any atom is -1.00 e. The number of hydrogen-bond acceptors (Lipinski definition) is 3. The zero-order valence-electron chi connectivity index (χ0n) is 11.6. The summed E-state index contributed by atoms with van der Waals surface area (Å²) in [5.41, 5.74) is -3.00. The van der Waals surface area contributed by atoms with Gasteiger partial charge >= 0.3 is 30.9 Å². The molecule has 1 saturated heterocycles. The molecule has 0 unspecified atom stereocenters. The Morgan fingerprint density at radius 1 is 1.47 bits per heavy atom. The molecule has 7 heteroatoms. The van der Waals surface area contributed by atoms with Crippen LogP contribution in [-0.4, -0.2) is 46.4 Å². The van der Waals surface area contributed by atoms with Gasteiger partial charge in [-0.3, -0.25) is 0 Å². The van der Waals surface area contributed by atoms with E-state index in [4.69, 9.17) is 9.84 Å². The molecule has 17 heavy (non-hydrogen) atoms. The van der Waals surface area contributed by atoms with Crippen LogP contribution >= 0.6 is 0 Å². The Labute approximate surface area is 113 Å². The number of alkyl halides is 1. The van der Waals surface area contributed by atoms with Crippen molar-refractivity contribution < 1.29 is 44.1 Å². The van der Waals surface area contributed by atoms with Crippen LogP contribution in [0.5, 0.6) is 0 Å². The first-order valence-corrected chi connectivity index (χ1v) is 5.04. The summed E-state index contributed by atoms with van der Waals surface area (Å²) >= 11 is 0. The minimum absolute atomic E-state index is 0. The Morgan fingerprint density at radius 2 is 2.00 bits per heavy atom. The average molecular weight is 241 g/mol. The number of rotatable bonds is 1. The molecule has 5 nitrogen and oxygen atoms in total. The Hall–Kier alpha value is -0.733. The van der Waals surface area contributed by atoms with E-state index in [1.165, 1.54) is 0 Å². The Morgan fingerprint density at radius 3 is 2.35 bits per heavy atom. The van der Waals surface area contributed by atoms with Crippen molar-refractivity contribution in [2.45, 2.75) is 38.5 Å². The topological polar surface area (TPSA) is 66.8 Å². The van der Waals surface area contributed by atoms with Crippen LogP contribution in [0.1, 0.15) is 28.6 Å². The molecule has 1 aliphatic heterocycles. The van der Waals surface area contributed by atoms with Crippen LogP contribution in [0.2, 0.25) is 0 Å². The van der Waals surface area contributed by atoms with Gasteiger partial charge in [-0.15, -0.1) is 0 Å². The molecule has 0 saturated carbocycles.